The fraction of sp³-hybridized carbons (Fsp3) is 0.333. The highest BCUT2D eigenvalue weighted by Gasteiger charge is 2.36. The third-order valence-corrected chi connectivity index (χ3v) is 3.64. The number of rotatable bonds is 4. The van der Waals surface area contributed by atoms with E-state index in [9.17, 15) is 5.11 Å². The minimum atomic E-state index is -0.457. The van der Waals surface area contributed by atoms with E-state index in [1.807, 2.05) is 36.4 Å². The van der Waals surface area contributed by atoms with Gasteiger partial charge < -0.3 is 14.3 Å². The molecule has 1 atom stereocenters. The molecule has 2 N–H and O–H groups in total. The van der Waals surface area contributed by atoms with E-state index in [-0.39, 0.29) is 6.61 Å². The van der Waals surface area contributed by atoms with Crippen LogP contribution < -0.4 is 10.1 Å². The van der Waals surface area contributed by atoms with Crippen molar-refractivity contribution in [2.24, 2.45) is 0 Å². The number of nitrogens with one attached hydrogen (secondary N) is 1. The third-order valence-electron chi connectivity index (χ3n) is 3.64. The summed E-state index contributed by atoms with van der Waals surface area (Å²) >= 11 is 0. The predicted molar refractivity (Wildman–Crippen MR) is 70.9 cm³/mol. The molecule has 100 valence electrons. The number of fused-ring (bicyclic) bond motifs is 1. The van der Waals surface area contributed by atoms with Gasteiger partial charge in [-0.25, -0.2) is 0 Å². The molecule has 0 saturated carbocycles. The molecule has 1 aromatic heterocycles. The molecule has 0 fully saturated rings. The number of hydrogen-bond acceptors (Lipinski definition) is 4. The molecular weight excluding hydrogens is 242 g/mol. The van der Waals surface area contributed by atoms with E-state index >= 15 is 0 Å². The van der Waals surface area contributed by atoms with Gasteiger partial charge in [-0.1, -0.05) is 18.2 Å². The van der Waals surface area contributed by atoms with Crippen molar-refractivity contribution in [1.82, 2.24) is 5.32 Å². The highest BCUT2D eigenvalue weighted by Crippen LogP contribution is 2.36. The maximum Gasteiger partial charge on any atom is 0.124 e. The van der Waals surface area contributed by atoms with Crippen LogP contribution in [-0.4, -0.2) is 18.3 Å². The van der Waals surface area contributed by atoms with Crippen LogP contribution in [0.2, 0.25) is 0 Å². The van der Waals surface area contributed by atoms with Crippen LogP contribution in [0.3, 0.4) is 0 Å². The monoisotopic (exact) mass is 259 g/mol. The van der Waals surface area contributed by atoms with Gasteiger partial charge in [0.2, 0.25) is 0 Å². The van der Waals surface area contributed by atoms with Crippen molar-refractivity contribution in [3.63, 3.8) is 0 Å². The van der Waals surface area contributed by atoms with Gasteiger partial charge in [-0.3, -0.25) is 5.32 Å². The fourth-order valence-corrected chi connectivity index (χ4v) is 2.53. The van der Waals surface area contributed by atoms with E-state index in [2.05, 4.69) is 5.32 Å². The van der Waals surface area contributed by atoms with Crippen molar-refractivity contribution in [3.05, 3.63) is 54.0 Å². The Morgan fingerprint density at radius 1 is 1.21 bits per heavy atom. The minimum Gasteiger partial charge on any atom is -0.493 e. The lowest BCUT2D eigenvalue weighted by Gasteiger charge is -2.38. The standard InChI is InChI=1S/C15H17NO3/c17-11-15(16-10-12-4-3-8-18-12)7-9-19-14-6-2-1-5-13(14)15/h1-6,8,16-17H,7,9-11H2/t15-/m0/s1. The zero-order valence-corrected chi connectivity index (χ0v) is 10.6. The van der Waals surface area contributed by atoms with Crippen LogP contribution in [0.4, 0.5) is 0 Å². The second-order valence-electron chi connectivity index (χ2n) is 4.77. The number of benzene rings is 1. The first-order valence-corrected chi connectivity index (χ1v) is 6.45. The van der Waals surface area contributed by atoms with Gasteiger partial charge in [-0.05, 0) is 18.2 Å². The summed E-state index contributed by atoms with van der Waals surface area (Å²) in [6.07, 6.45) is 2.39. The smallest absolute Gasteiger partial charge is 0.124 e. The van der Waals surface area contributed by atoms with Crippen LogP contribution >= 0.6 is 0 Å². The first-order chi connectivity index (χ1) is 9.34. The molecule has 0 saturated heterocycles. The molecule has 0 unspecified atom stereocenters. The Morgan fingerprint density at radius 2 is 2.11 bits per heavy atom. The number of aliphatic hydroxyl groups excluding tert-OH is 1. The van der Waals surface area contributed by atoms with Crippen LogP contribution in [0.25, 0.3) is 0 Å². The van der Waals surface area contributed by atoms with Crippen molar-refractivity contribution in [2.45, 2.75) is 18.5 Å². The van der Waals surface area contributed by atoms with E-state index in [1.165, 1.54) is 0 Å². The molecular formula is C15H17NO3. The zero-order valence-electron chi connectivity index (χ0n) is 10.6. The highest BCUT2D eigenvalue weighted by molar-refractivity contribution is 5.41. The van der Waals surface area contributed by atoms with Gasteiger partial charge in [-0.15, -0.1) is 0 Å². The summed E-state index contributed by atoms with van der Waals surface area (Å²) in [6.45, 7) is 1.22. The highest BCUT2D eigenvalue weighted by atomic mass is 16.5. The maximum absolute atomic E-state index is 9.87. The summed E-state index contributed by atoms with van der Waals surface area (Å²) in [4.78, 5) is 0. The van der Waals surface area contributed by atoms with Crippen molar-refractivity contribution in [1.29, 1.82) is 0 Å². The molecule has 0 radical (unpaired) electrons. The van der Waals surface area contributed by atoms with E-state index in [0.29, 0.717) is 13.2 Å². The second kappa shape index (κ2) is 5.07. The van der Waals surface area contributed by atoms with Gasteiger partial charge in [-0.2, -0.15) is 0 Å². The summed E-state index contributed by atoms with van der Waals surface area (Å²) in [6, 6.07) is 11.6. The summed E-state index contributed by atoms with van der Waals surface area (Å²) < 4.78 is 11.0. The fourth-order valence-electron chi connectivity index (χ4n) is 2.53. The first-order valence-electron chi connectivity index (χ1n) is 6.45. The summed E-state index contributed by atoms with van der Waals surface area (Å²) in [7, 11) is 0. The number of hydrogen-bond donors (Lipinski definition) is 2. The zero-order chi connectivity index (χ0) is 13.1. The predicted octanol–water partition coefficient (Wildman–Crippen LogP) is 2.04. The van der Waals surface area contributed by atoms with Gasteiger partial charge >= 0.3 is 0 Å². The average molecular weight is 259 g/mol. The SMILES string of the molecule is OC[C@@]1(NCc2ccco2)CCOc2ccccc21. The lowest BCUT2D eigenvalue weighted by atomic mass is 9.85. The van der Waals surface area contributed by atoms with E-state index in [1.54, 1.807) is 6.26 Å². The molecule has 1 aliphatic heterocycles. The first kappa shape index (κ1) is 12.3. The van der Waals surface area contributed by atoms with Crippen LogP contribution in [-0.2, 0) is 12.1 Å². The van der Waals surface area contributed by atoms with Gasteiger partial charge in [0.05, 0.1) is 31.6 Å². The Morgan fingerprint density at radius 3 is 2.89 bits per heavy atom. The third kappa shape index (κ3) is 2.25. The van der Waals surface area contributed by atoms with Gasteiger partial charge in [0, 0.05) is 12.0 Å². The molecule has 19 heavy (non-hydrogen) atoms. The van der Waals surface area contributed by atoms with Crippen molar-refractivity contribution in [3.8, 4) is 5.75 Å². The van der Waals surface area contributed by atoms with Gasteiger partial charge in [0.15, 0.2) is 0 Å². The molecule has 0 amide bonds. The lowest BCUT2D eigenvalue weighted by molar-refractivity contribution is 0.104. The average Bonchev–Trinajstić information content (AvgIpc) is 2.98. The van der Waals surface area contributed by atoms with Crippen molar-refractivity contribution >= 4 is 0 Å². The molecule has 4 heteroatoms. The quantitative estimate of drug-likeness (QED) is 0.882. The normalized spacial score (nSPS) is 21.7. The molecule has 1 aliphatic rings. The Bertz CT molecular complexity index is 538. The molecule has 1 aromatic carbocycles. The lowest BCUT2D eigenvalue weighted by Crippen LogP contribution is -2.48. The number of ether oxygens (including phenoxy) is 1. The minimum absolute atomic E-state index is 0.0358. The summed E-state index contributed by atoms with van der Waals surface area (Å²) in [5.41, 5.74) is 0.553. The molecule has 2 heterocycles. The second-order valence-corrected chi connectivity index (χ2v) is 4.77. The van der Waals surface area contributed by atoms with Crippen LogP contribution in [0.15, 0.2) is 47.1 Å². The van der Waals surface area contributed by atoms with E-state index in [0.717, 1.165) is 23.5 Å². The molecule has 3 rings (SSSR count). The van der Waals surface area contributed by atoms with Crippen LogP contribution in [0, 0.1) is 0 Å². The van der Waals surface area contributed by atoms with Crippen LogP contribution in [0.5, 0.6) is 5.75 Å². The number of para-hydroxylation sites is 1. The largest absolute Gasteiger partial charge is 0.493 e. The van der Waals surface area contributed by atoms with Crippen LogP contribution in [0.1, 0.15) is 17.7 Å². The molecule has 0 bridgehead atoms. The van der Waals surface area contributed by atoms with Gasteiger partial charge in [0.25, 0.3) is 0 Å². The summed E-state index contributed by atoms with van der Waals surface area (Å²) in [5, 5.41) is 13.3. The van der Waals surface area contributed by atoms with Crippen molar-refractivity contribution in [2.75, 3.05) is 13.2 Å². The number of furan rings is 1. The Hall–Kier alpha value is -1.78. The molecule has 2 aromatic rings. The Balaban J connectivity index is 1.87. The summed E-state index contributed by atoms with van der Waals surface area (Å²) in [5.74, 6) is 1.70. The topological polar surface area (TPSA) is 54.6 Å². The maximum atomic E-state index is 9.87. The number of aliphatic hydroxyl groups is 1. The Kier molecular flexibility index (Phi) is 3.27. The molecule has 0 spiro atoms. The van der Waals surface area contributed by atoms with Crippen molar-refractivity contribution < 1.29 is 14.3 Å². The van der Waals surface area contributed by atoms with E-state index in [4.69, 9.17) is 9.15 Å². The van der Waals surface area contributed by atoms with E-state index < -0.39 is 5.54 Å². The van der Waals surface area contributed by atoms with Gasteiger partial charge in [0.1, 0.15) is 11.5 Å². The molecule has 4 nitrogen and oxygen atoms in total. The molecule has 0 aliphatic carbocycles. The Labute approximate surface area is 112 Å².